The lowest BCUT2D eigenvalue weighted by Crippen LogP contribution is -2.16. The summed E-state index contributed by atoms with van der Waals surface area (Å²) in [5, 5.41) is 0.663. The van der Waals surface area contributed by atoms with Crippen molar-refractivity contribution in [3.8, 4) is 11.5 Å². The maximum absolute atomic E-state index is 6.00. The molecule has 0 aromatic heterocycles. The quantitative estimate of drug-likeness (QED) is 0.714. The summed E-state index contributed by atoms with van der Waals surface area (Å²) < 4.78 is 5.80. The van der Waals surface area contributed by atoms with E-state index in [4.69, 9.17) is 27.8 Å². The monoisotopic (exact) mass is 261 g/mol. The molecule has 1 heterocycles. The Balaban J connectivity index is 2.19. The molecular formula is C13H12ClN3O. The molecule has 2 aromatic rings. The summed E-state index contributed by atoms with van der Waals surface area (Å²) in [4.78, 5) is 1.98. The number of nitrogen functional groups attached to an aromatic ring is 2. The summed E-state index contributed by atoms with van der Waals surface area (Å²) in [5.41, 5.74) is 14.4. The fourth-order valence-corrected chi connectivity index (χ4v) is 2.20. The second-order valence-corrected chi connectivity index (χ2v) is 4.66. The maximum atomic E-state index is 6.00. The third-order valence-electron chi connectivity index (χ3n) is 3.03. The van der Waals surface area contributed by atoms with Gasteiger partial charge >= 0.3 is 0 Å². The first-order valence-electron chi connectivity index (χ1n) is 5.46. The number of benzene rings is 2. The van der Waals surface area contributed by atoms with Crippen molar-refractivity contribution in [2.75, 3.05) is 23.4 Å². The Bertz CT molecular complexity index is 642. The topological polar surface area (TPSA) is 64.5 Å². The Morgan fingerprint density at radius 1 is 1.00 bits per heavy atom. The van der Waals surface area contributed by atoms with Crippen molar-refractivity contribution in [1.82, 2.24) is 0 Å². The van der Waals surface area contributed by atoms with Gasteiger partial charge in [0, 0.05) is 18.1 Å². The van der Waals surface area contributed by atoms with Crippen molar-refractivity contribution in [2.45, 2.75) is 0 Å². The molecule has 0 fully saturated rings. The first-order chi connectivity index (χ1) is 8.56. The molecule has 1 aliphatic heterocycles. The highest BCUT2D eigenvalue weighted by atomic mass is 35.5. The van der Waals surface area contributed by atoms with Crippen LogP contribution in [-0.4, -0.2) is 7.05 Å². The smallest absolute Gasteiger partial charge is 0.153 e. The van der Waals surface area contributed by atoms with Crippen molar-refractivity contribution in [2.24, 2.45) is 0 Å². The van der Waals surface area contributed by atoms with Gasteiger partial charge in [-0.15, -0.1) is 0 Å². The number of nitrogens with zero attached hydrogens (tertiary/aromatic N) is 1. The van der Waals surface area contributed by atoms with Crippen molar-refractivity contribution in [1.29, 1.82) is 0 Å². The van der Waals surface area contributed by atoms with Crippen molar-refractivity contribution in [3.63, 3.8) is 0 Å². The molecule has 4 N–H and O–H groups in total. The van der Waals surface area contributed by atoms with E-state index in [2.05, 4.69) is 0 Å². The number of hydrogen-bond acceptors (Lipinski definition) is 4. The van der Waals surface area contributed by atoms with Crippen LogP contribution in [0.4, 0.5) is 22.7 Å². The predicted molar refractivity (Wildman–Crippen MR) is 74.9 cm³/mol. The standard InChI is InChI=1S/C13H12ClN3O/c1-17-10-4-7(14)2-3-12(10)18-13-6-9(16)8(15)5-11(13)17/h2-6H,15-16H2,1H3. The maximum Gasteiger partial charge on any atom is 0.153 e. The summed E-state index contributed by atoms with van der Waals surface area (Å²) in [6.45, 7) is 0. The summed E-state index contributed by atoms with van der Waals surface area (Å²) >= 11 is 6.00. The van der Waals surface area contributed by atoms with Crippen molar-refractivity contribution in [3.05, 3.63) is 35.4 Å². The number of anilines is 4. The van der Waals surface area contributed by atoms with Crippen LogP contribution in [0, 0.1) is 0 Å². The SMILES string of the molecule is CN1c2cc(Cl)ccc2Oc2cc(N)c(N)cc21. The minimum Gasteiger partial charge on any atom is -0.453 e. The Hall–Kier alpha value is -2.07. The molecular weight excluding hydrogens is 250 g/mol. The predicted octanol–water partition coefficient (Wildman–Crippen LogP) is 3.38. The molecule has 0 amide bonds. The first-order valence-corrected chi connectivity index (χ1v) is 5.84. The summed E-state index contributed by atoms with van der Waals surface area (Å²) in [6.07, 6.45) is 0. The summed E-state index contributed by atoms with van der Waals surface area (Å²) in [5.74, 6) is 1.44. The zero-order valence-corrected chi connectivity index (χ0v) is 10.5. The third-order valence-corrected chi connectivity index (χ3v) is 3.26. The van der Waals surface area contributed by atoms with Crippen LogP contribution >= 0.6 is 11.6 Å². The largest absolute Gasteiger partial charge is 0.453 e. The Kier molecular flexibility index (Phi) is 2.28. The van der Waals surface area contributed by atoms with E-state index in [1.165, 1.54) is 0 Å². The Morgan fingerprint density at radius 3 is 2.44 bits per heavy atom. The Labute approximate surface area is 110 Å². The Morgan fingerprint density at radius 2 is 1.67 bits per heavy atom. The molecule has 0 aliphatic carbocycles. The van der Waals surface area contributed by atoms with Gasteiger partial charge in [-0.2, -0.15) is 0 Å². The van der Waals surface area contributed by atoms with Crippen LogP contribution in [0.25, 0.3) is 0 Å². The lowest BCUT2D eigenvalue weighted by atomic mass is 10.1. The van der Waals surface area contributed by atoms with Crippen LogP contribution in [0.3, 0.4) is 0 Å². The number of fused-ring (bicyclic) bond motifs is 2. The van der Waals surface area contributed by atoms with Crippen LogP contribution in [0.1, 0.15) is 0 Å². The van der Waals surface area contributed by atoms with E-state index in [1.807, 2.05) is 24.1 Å². The molecule has 0 bridgehead atoms. The summed E-state index contributed by atoms with van der Waals surface area (Å²) in [7, 11) is 1.94. The molecule has 0 atom stereocenters. The van der Waals surface area contributed by atoms with E-state index in [0.717, 1.165) is 17.1 Å². The van der Waals surface area contributed by atoms with Crippen LogP contribution in [-0.2, 0) is 0 Å². The fraction of sp³-hybridized carbons (Fsp3) is 0.0769. The van der Waals surface area contributed by atoms with Crippen molar-refractivity contribution >= 4 is 34.4 Å². The highest BCUT2D eigenvalue weighted by Gasteiger charge is 2.22. The number of halogens is 1. The average Bonchev–Trinajstić information content (AvgIpc) is 2.33. The molecule has 0 saturated carbocycles. The van der Waals surface area contributed by atoms with Gasteiger partial charge in [-0.05, 0) is 24.3 Å². The number of nitrogens with two attached hydrogens (primary N) is 2. The van der Waals surface area contributed by atoms with Crippen LogP contribution in [0.15, 0.2) is 30.3 Å². The molecule has 0 spiro atoms. The highest BCUT2D eigenvalue weighted by Crippen LogP contribution is 2.48. The van der Waals surface area contributed by atoms with Gasteiger partial charge in [-0.25, -0.2) is 0 Å². The number of hydrogen-bond donors (Lipinski definition) is 2. The number of ether oxygens (including phenoxy) is 1. The minimum atomic E-state index is 0.513. The molecule has 18 heavy (non-hydrogen) atoms. The molecule has 0 unspecified atom stereocenters. The normalized spacial score (nSPS) is 12.7. The van der Waals surface area contributed by atoms with E-state index in [9.17, 15) is 0 Å². The van der Waals surface area contributed by atoms with E-state index in [-0.39, 0.29) is 0 Å². The molecule has 4 nitrogen and oxygen atoms in total. The van der Waals surface area contributed by atoms with E-state index in [1.54, 1.807) is 18.2 Å². The highest BCUT2D eigenvalue weighted by molar-refractivity contribution is 6.31. The molecule has 2 aromatic carbocycles. The lowest BCUT2D eigenvalue weighted by molar-refractivity contribution is 0.476. The van der Waals surface area contributed by atoms with Gasteiger partial charge in [-0.1, -0.05) is 11.6 Å². The molecule has 1 aliphatic rings. The summed E-state index contributed by atoms with van der Waals surface area (Å²) in [6, 6.07) is 9.02. The van der Waals surface area contributed by atoms with Crippen molar-refractivity contribution < 1.29 is 4.74 Å². The number of rotatable bonds is 0. The van der Waals surface area contributed by atoms with Gasteiger partial charge in [0.05, 0.1) is 22.7 Å². The molecule has 5 heteroatoms. The van der Waals surface area contributed by atoms with E-state index in [0.29, 0.717) is 22.1 Å². The molecule has 3 rings (SSSR count). The average molecular weight is 262 g/mol. The van der Waals surface area contributed by atoms with Crippen LogP contribution < -0.4 is 21.1 Å². The minimum absolute atomic E-state index is 0.513. The molecule has 92 valence electrons. The van der Waals surface area contributed by atoms with E-state index >= 15 is 0 Å². The zero-order chi connectivity index (χ0) is 12.9. The zero-order valence-electron chi connectivity index (χ0n) is 9.77. The van der Waals surface area contributed by atoms with Crippen LogP contribution in [0.2, 0.25) is 5.02 Å². The molecule has 0 radical (unpaired) electrons. The van der Waals surface area contributed by atoms with Gasteiger partial charge in [-0.3, -0.25) is 0 Å². The fourth-order valence-electron chi connectivity index (χ4n) is 2.03. The van der Waals surface area contributed by atoms with E-state index < -0.39 is 0 Å². The molecule has 0 saturated heterocycles. The third kappa shape index (κ3) is 1.54. The second kappa shape index (κ2) is 3.71. The van der Waals surface area contributed by atoms with Crippen LogP contribution in [0.5, 0.6) is 11.5 Å². The van der Waals surface area contributed by atoms with Gasteiger partial charge in [0.2, 0.25) is 0 Å². The van der Waals surface area contributed by atoms with Gasteiger partial charge in [0.1, 0.15) is 0 Å². The second-order valence-electron chi connectivity index (χ2n) is 4.22. The van der Waals surface area contributed by atoms with Gasteiger partial charge in [0.25, 0.3) is 0 Å². The van der Waals surface area contributed by atoms with Gasteiger partial charge in [0.15, 0.2) is 11.5 Å². The lowest BCUT2D eigenvalue weighted by Gasteiger charge is -2.30. The first kappa shape index (κ1) is 11.0. The van der Waals surface area contributed by atoms with Gasteiger partial charge < -0.3 is 21.1 Å².